The van der Waals surface area contributed by atoms with Crippen LogP contribution in [0.15, 0.2) is 24.3 Å². The molecule has 2 atom stereocenters. The Bertz CT molecular complexity index is 691. The molecule has 6 nitrogen and oxygen atoms in total. The van der Waals surface area contributed by atoms with Crippen molar-refractivity contribution in [2.75, 3.05) is 31.1 Å². The summed E-state index contributed by atoms with van der Waals surface area (Å²) < 4.78 is 18.1. The summed E-state index contributed by atoms with van der Waals surface area (Å²) in [6.45, 7) is 3.31. The summed E-state index contributed by atoms with van der Waals surface area (Å²) in [7, 11) is 0. The third kappa shape index (κ3) is 3.86. The summed E-state index contributed by atoms with van der Waals surface area (Å²) in [6, 6.07) is 5.67. The summed E-state index contributed by atoms with van der Waals surface area (Å²) in [6.07, 6.45) is 1.60. The zero-order valence-electron chi connectivity index (χ0n) is 14.8. The van der Waals surface area contributed by atoms with E-state index in [1.165, 1.54) is 29.2 Å². The van der Waals surface area contributed by atoms with Crippen LogP contribution in [0, 0.1) is 17.7 Å². The smallest absolute Gasteiger partial charge is 0.310 e. The van der Waals surface area contributed by atoms with Crippen LogP contribution >= 0.6 is 0 Å². The van der Waals surface area contributed by atoms with Gasteiger partial charge < -0.3 is 14.5 Å². The Labute approximate surface area is 151 Å². The van der Waals surface area contributed by atoms with Gasteiger partial charge in [0, 0.05) is 31.7 Å². The average molecular weight is 362 g/mol. The van der Waals surface area contributed by atoms with E-state index in [0.717, 1.165) is 6.42 Å². The first-order valence-corrected chi connectivity index (χ1v) is 9.01. The fourth-order valence-electron chi connectivity index (χ4n) is 3.63. The second kappa shape index (κ2) is 7.85. The molecule has 0 aromatic heterocycles. The maximum atomic E-state index is 13.1. The third-order valence-electron chi connectivity index (χ3n) is 4.97. The third-order valence-corrected chi connectivity index (χ3v) is 4.97. The molecule has 26 heavy (non-hydrogen) atoms. The second-order valence-corrected chi connectivity index (χ2v) is 6.76. The fourth-order valence-corrected chi connectivity index (χ4v) is 3.63. The Morgan fingerprint density at radius 2 is 1.92 bits per heavy atom. The summed E-state index contributed by atoms with van der Waals surface area (Å²) >= 11 is 0. The molecule has 0 spiro atoms. The molecule has 140 valence electrons. The zero-order valence-corrected chi connectivity index (χ0v) is 14.8. The van der Waals surface area contributed by atoms with Crippen molar-refractivity contribution in [3.05, 3.63) is 30.1 Å². The lowest BCUT2D eigenvalue weighted by Crippen LogP contribution is -2.45. The maximum absolute atomic E-state index is 13.1. The van der Waals surface area contributed by atoms with E-state index in [1.807, 2.05) is 0 Å². The lowest BCUT2D eigenvalue weighted by molar-refractivity contribution is -0.152. The van der Waals surface area contributed by atoms with Crippen LogP contribution in [0.1, 0.15) is 26.2 Å². The Morgan fingerprint density at radius 3 is 2.62 bits per heavy atom. The lowest BCUT2D eigenvalue weighted by atomic mass is 9.96. The first-order chi connectivity index (χ1) is 12.5. The second-order valence-electron chi connectivity index (χ2n) is 6.76. The van der Waals surface area contributed by atoms with E-state index in [1.54, 1.807) is 11.8 Å². The number of amides is 2. The Balaban J connectivity index is 1.64. The standard InChI is InChI=1S/C19H23FN2O4/c1-2-26-19(25)13-4-3-9-21(11-13)18(24)14-10-17(23)22(12-14)16-7-5-15(20)6-8-16/h5-8,13-14H,2-4,9-12H2,1H3. The van der Waals surface area contributed by atoms with E-state index in [-0.39, 0.29) is 42.5 Å². The molecule has 0 N–H and O–H groups in total. The van der Waals surface area contributed by atoms with Gasteiger partial charge in [-0.1, -0.05) is 0 Å². The summed E-state index contributed by atoms with van der Waals surface area (Å²) in [5.74, 6) is -1.61. The van der Waals surface area contributed by atoms with Crippen LogP contribution < -0.4 is 4.90 Å². The van der Waals surface area contributed by atoms with Gasteiger partial charge in [-0.15, -0.1) is 0 Å². The molecule has 0 bridgehead atoms. The Morgan fingerprint density at radius 1 is 1.19 bits per heavy atom. The van der Waals surface area contributed by atoms with Crippen LogP contribution in [0.3, 0.4) is 0 Å². The molecule has 7 heteroatoms. The number of anilines is 1. The fraction of sp³-hybridized carbons (Fsp3) is 0.526. The summed E-state index contributed by atoms with van der Waals surface area (Å²) in [5.41, 5.74) is 0.592. The van der Waals surface area contributed by atoms with Gasteiger partial charge in [-0.3, -0.25) is 14.4 Å². The maximum Gasteiger partial charge on any atom is 0.310 e. The van der Waals surface area contributed by atoms with Crippen molar-refractivity contribution in [3.8, 4) is 0 Å². The minimum Gasteiger partial charge on any atom is -0.466 e. The number of esters is 1. The van der Waals surface area contributed by atoms with Crippen LogP contribution in [0.2, 0.25) is 0 Å². The first-order valence-electron chi connectivity index (χ1n) is 9.01. The lowest BCUT2D eigenvalue weighted by Gasteiger charge is -2.33. The molecule has 1 aromatic rings. The molecule has 2 fully saturated rings. The highest BCUT2D eigenvalue weighted by Crippen LogP contribution is 2.28. The Hall–Kier alpha value is -2.44. The molecule has 0 radical (unpaired) electrons. The number of hydrogen-bond acceptors (Lipinski definition) is 4. The van der Waals surface area contributed by atoms with Gasteiger partial charge in [0.2, 0.25) is 11.8 Å². The average Bonchev–Trinajstić information content (AvgIpc) is 3.04. The minimum atomic E-state index is -0.437. The number of carbonyl (C=O) groups excluding carboxylic acids is 3. The number of hydrogen-bond donors (Lipinski definition) is 0. The van der Waals surface area contributed by atoms with Crippen molar-refractivity contribution in [2.45, 2.75) is 26.2 Å². The molecule has 1 aromatic carbocycles. The van der Waals surface area contributed by atoms with Crippen molar-refractivity contribution in [1.29, 1.82) is 0 Å². The van der Waals surface area contributed by atoms with Gasteiger partial charge in [-0.2, -0.15) is 0 Å². The molecule has 2 amide bonds. The van der Waals surface area contributed by atoms with Gasteiger partial charge in [0.25, 0.3) is 0 Å². The first kappa shape index (κ1) is 18.4. The van der Waals surface area contributed by atoms with Crippen molar-refractivity contribution in [3.63, 3.8) is 0 Å². The number of likely N-dealkylation sites (tertiary alicyclic amines) is 1. The number of rotatable bonds is 4. The van der Waals surface area contributed by atoms with Crippen LogP contribution in [-0.4, -0.2) is 48.9 Å². The number of piperidine rings is 1. The molecule has 2 aliphatic rings. The molecular weight excluding hydrogens is 339 g/mol. The highest BCUT2D eigenvalue weighted by Gasteiger charge is 2.39. The molecule has 0 saturated carbocycles. The van der Waals surface area contributed by atoms with Gasteiger partial charge in [0.05, 0.1) is 18.4 Å². The van der Waals surface area contributed by atoms with Crippen molar-refractivity contribution < 1.29 is 23.5 Å². The monoisotopic (exact) mass is 362 g/mol. The van der Waals surface area contributed by atoms with Crippen molar-refractivity contribution in [1.82, 2.24) is 4.90 Å². The van der Waals surface area contributed by atoms with Gasteiger partial charge in [-0.25, -0.2) is 4.39 Å². The molecule has 2 heterocycles. The molecule has 2 saturated heterocycles. The highest BCUT2D eigenvalue weighted by molar-refractivity contribution is 6.00. The summed E-state index contributed by atoms with van der Waals surface area (Å²) in [4.78, 5) is 40.3. The van der Waals surface area contributed by atoms with Gasteiger partial charge in [-0.05, 0) is 44.0 Å². The minimum absolute atomic E-state index is 0.100. The highest BCUT2D eigenvalue weighted by atomic mass is 19.1. The van der Waals surface area contributed by atoms with Crippen LogP contribution in [0.4, 0.5) is 10.1 Å². The number of carbonyl (C=O) groups is 3. The molecular formula is C19H23FN2O4. The van der Waals surface area contributed by atoms with E-state index in [2.05, 4.69) is 0 Å². The molecule has 3 rings (SSSR count). The van der Waals surface area contributed by atoms with E-state index in [4.69, 9.17) is 4.74 Å². The van der Waals surface area contributed by atoms with E-state index >= 15 is 0 Å². The predicted octanol–water partition coefficient (Wildman–Crippen LogP) is 1.98. The quantitative estimate of drug-likeness (QED) is 0.768. The normalized spacial score (nSPS) is 23.2. The topological polar surface area (TPSA) is 66.9 Å². The van der Waals surface area contributed by atoms with Crippen LogP contribution in [-0.2, 0) is 19.1 Å². The number of nitrogens with zero attached hydrogens (tertiary/aromatic N) is 2. The van der Waals surface area contributed by atoms with Crippen molar-refractivity contribution in [2.24, 2.45) is 11.8 Å². The van der Waals surface area contributed by atoms with E-state index in [0.29, 0.717) is 31.8 Å². The molecule has 2 unspecified atom stereocenters. The number of ether oxygens (including phenoxy) is 1. The van der Waals surface area contributed by atoms with E-state index in [9.17, 15) is 18.8 Å². The molecule has 0 aliphatic carbocycles. The summed E-state index contributed by atoms with van der Waals surface area (Å²) in [5, 5.41) is 0. The number of halogens is 1. The zero-order chi connectivity index (χ0) is 18.7. The predicted molar refractivity (Wildman–Crippen MR) is 92.8 cm³/mol. The van der Waals surface area contributed by atoms with E-state index < -0.39 is 5.92 Å². The van der Waals surface area contributed by atoms with Crippen LogP contribution in [0.25, 0.3) is 0 Å². The van der Waals surface area contributed by atoms with Gasteiger partial charge >= 0.3 is 5.97 Å². The largest absolute Gasteiger partial charge is 0.466 e. The Kier molecular flexibility index (Phi) is 5.54. The van der Waals surface area contributed by atoms with Gasteiger partial charge in [0.15, 0.2) is 0 Å². The SMILES string of the molecule is CCOC(=O)C1CCCN(C(=O)C2CC(=O)N(c3ccc(F)cc3)C2)C1. The van der Waals surface area contributed by atoms with Crippen LogP contribution in [0.5, 0.6) is 0 Å². The van der Waals surface area contributed by atoms with Crippen molar-refractivity contribution >= 4 is 23.5 Å². The van der Waals surface area contributed by atoms with Gasteiger partial charge in [0.1, 0.15) is 5.82 Å². The molecule has 2 aliphatic heterocycles. The number of benzene rings is 1.